The van der Waals surface area contributed by atoms with Crippen molar-refractivity contribution in [1.29, 1.82) is 0 Å². The molecule has 0 aliphatic heterocycles. The predicted octanol–water partition coefficient (Wildman–Crippen LogP) is 2.91. The first-order valence-electron chi connectivity index (χ1n) is 6.27. The number of nitrogens with one attached hydrogen (secondary N) is 2. The van der Waals surface area contributed by atoms with Gasteiger partial charge in [0.25, 0.3) is 0 Å². The number of amides is 1. The summed E-state index contributed by atoms with van der Waals surface area (Å²) in [7, 11) is 0. The van der Waals surface area contributed by atoms with Gasteiger partial charge < -0.3 is 10.6 Å². The molecule has 1 rings (SSSR count). The zero-order valence-corrected chi connectivity index (χ0v) is 11.9. The largest absolute Gasteiger partial charge is 0.350 e. The highest BCUT2D eigenvalue weighted by molar-refractivity contribution is 6.30. The van der Waals surface area contributed by atoms with Crippen molar-refractivity contribution in [2.24, 2.45) is 0 Å². The first kappa shape index (κ1) is 15.0. The molecule has 0 spiro atoms. The fourth-order valence-corrected chi connectivity index (χ4v) is 1.75. The minimum atomic E-state index is 0.00816. The zero-order valence-electron chi connectivity index (χ0n) is 11.2. The van der Waals surface area contributed by atoms with E-state index in [9.17, 15) is 4.79 Å². The summed E-state index contributed by atoms with van der Waals surface area (Å²) < 4.78 is 0. The number of hydrogen-bond acceptors (Lipinski definition) is 2. The van der Waals surface area contributed by atoms with Gasteiger partial charge in [0, 0.05) is 24.0 Å². The molecule has 18 heavy (non-hydrogen) atoms. The quantitative estimate of drug-likeness (QED) is 0.833. The van der Waals surface area contributed by atoms with Crippen LogP contribution < -0.4 is 10.6 Å². The van der Waals surface area contributed by atoms with Crippen LogP contribution in [0.2, 0.25) is 5.02 Å². The zero-order chi connectivity index (χ0) is 13.5. The second-order valence-corrected chi connectivity index (χ2v) is 5.14. The van der Waals surface area contributed by atoms with Crippen molar-refractivity contribution in [3.05, 3.63) is 34.9 Å². The van der Waals surface area contributed by atoms with Crippen molar-refractivity contribution in [3.8, 4) is 0 Å². The lowest BCUT2D eigenvalue weighted by molar-refractivity contribution is -0.121. The molecule has 4 heteroatoms. The Labute approximate surface area is 114 Å². The van der Waals surface area contributed by atoms with Crippen molar-refractivity contribution >= 4 is 17.5 Å². The highest BCUT2D eigenvalue weighted by Crippen LogP contribution is 2.15. The molecule has 3 nitrogen and oxygen atoms in total. The van der Waals surface area contributed by atoms with Crippen molar-refractivity contribution in [2.75, 3.05) is 6.54 Å². The van der Waals surface area contributed by atoms with Crippen LogP contribution in [0.4, 0.5) is 0 Å². The minimum Gasteiger partial charge on any atom is -0.350 e. The average molecular weight is 269 g/mol. The maximum absolute atomic E-state index is 11.7. The Balaban J connectivity index is 2.37. The summed E-state index contributed by atoms with van der Waals surface area (Å²) in [6.07, 6.45) is 0.496. The van der Waals surface area contributed by atoms with E-state index in [1.807, 2.05) is 31.2 Å². The summed E-state index contributed by atoms with van der Waals surface area (Å²) in [5, 5.41) is 6.89. The molecule has 0 aliphatic carbocycles. The van der Waals surface area contributed by atoms with E-state index in [-0.39, 0.29) is 11.9 Å². The molecule has 1 amide bonds. The van der Waals surface area contributed by atoms with E-state index in [0.717, 1.165) is 5.56 Å². The smallest absolute Gasteiger partial charge is 0.221 e. The van der Waals surface area contributed by atoms with E-state index in [0.29, 0.717) is 24.0 Å². The summed E-state index contributed by atoms with van der Waals surface area (Å²) in [5.41, 5.74) is 1.06. The number of carbonyl (C=O) groups excluding carboxylic acids is 1. The van der Waals surface area contributed by atoms with Crippen LogP contribution >= 0.6 is 11.6 Å². The molecule has 1 aromatic carbocycles. The molecule has 1 atom stereocenters. The number of rotatable bonds is 6. The maximum Gasteiger partial charge on any atom is 0.221 e. The molecule has 100 valence electrons. The molecule has 0 aromatic heterocycles. The SMILES string of the molecule is CC(C)NCCC(=O)N[C@H](C)c1ccc(Cl)cc1. The second-order valence-electron chi connectivity index (χ2n) is 4.70. The Morgan fingerprint density at radius 1 is 1.22 bits per heavy atom. The van der Waals surface area contributed by atoms with Crippen LogP contribution in [0, 0.1) is 0 Å². The van der Waals surface area contributed by atoms with Crippen LogP contribution in [0.15, 0.2) is 24.3 Å². The molecule has 1 aromatic rings. The van der Waals surface area contributed by atoms with E-state index < -0.39 is 0 Å². The van der Waals surface area contributed by atoms with Gasteiger partial charge in [0.1, 0.15) is 0 Å². The van der Waals surface area contributed by atoms with Gasteiger partial charge in [-0.25, -0.2) is 0 Å². The van der Waals surface area contributed by atoms with E-state index in [1.54, 1.807) is 0 Å². The number of hydrogen-bond donors (Lipinski definition) is 2. The average Bonchev–Trinajstić information content (AvgIpc) is 2.29. The fraction of sp³-hybridized carbons (Fsp3) is 0.500. The van der Waals surface area contributed by atoms with Crippen molar-refractivity contribution in [1.82, 2.24) is 10.6 Å². The summed E-state index contributed by atoms with van der Waals surface area (Å²) in [4.78, 5) is 11.7. The van der Waals surface area contributed by atoms with Crippen molar-refractivity contribution in [3.63, 3.8) is 0 Å². The van der Waals surface area contributed by atoms with Crippen LogP contribution in [0.5, 0.6) is 0 Å². The standard InChI is InChI=1S/C14H21ClN2O/c1-10(2)16-9-8-14(18)17-11(3)12-4-6-13(15)7-5-12/h4-7,10-11,16H,8-9H2,1-3H3,(H,17,18)/t11-/m1/s1. The summed E-state index contributed by atoms with van der Waals surface area (Å²) in [6.45, 7) is 6.80. The van der Waals surface area contributed by atoms with E-state index in [1.165, 1.54) is 0 Å². The lowest BCUT2D eigenvalue weighted by Gasteiger charge is -2.15. The van der Waals surface area contributed by atoms with Crippen LogP contribution in [-0.2, 0) is 4.79 Å². The minimum absolute atomic E-state index is 0.00816. The fourth-order valence-electron chi connectivity index (χ4n) is 1.62. The van der Waals surface area contributed by atoms with Gasteiger partial charge in [0.15, 0.2) is 0 Å². The van der Waals surface area contributed by atoms with Gasteiger partial charge in [-0.2, -0.15) is 0 Å². The van der Waals surface area contributed by atoms with Gasteiger partial charge in [0.05, 0.1) is 6.04 Å². The van der Waals surface area contributed by atoms with E-state index >= 15 is 0 Å². The van der Waals surface area contributed by atoms with Crippen LogP contribution in [0.1, 0.15) is 38.8 Å². The molecule has 0 radical (unpaired) electrons. The maximum atomic E-state index is 11.7. The molecule has 0 saturated heterocycles. The van der Waals surface area contributed by atoms with E-state index in [4.69, 9.17) is 11.6 Å². The normalized spacial score (nSPS) is 12.5. The summed E-state index contributed by atoms with van der Waals surface area (Å²) >= 11 is 5.82. The number of carbonyl (C=O) groups is 1. The monoisotopic (exact) mass is 268 g/mol. The topological polar surface area (TPSA) is 41.1 Å². The van der Waals surface area contributed by atoms with Crippen LogP contribution in [0.3, 0.4) is 0 Å². The summed E-state index contributed by atoms with van der Waals surface area (Å²) in [6, 6.07) is 7.94. The molecular weight excluding hydrogens is 248 g/mol. The van der Waals surface area contributed by atoms with Gasteiger partial charge in [-0.3, -0.25) is 4.79 Å². The molecule has 0 aliphatic rings. The third-order valence-corrected chi connectivity index (χ3v) is 2.90. The Kier molecular flexibility index (Phi) is 6.16. The molecule has 0 fully saturated rings. The van der Waals surface area contributed by atoms with Crippen molar-refractivity contribution in [2.45, 2.75) is 39.3 Å². The highest BCUT2D eigenvalue weighted by Gasteiger charge is 2.09. The van der Waals surface area contributed by atoms with Gasteiger partial charge in [-0.05, 0) is 24.6 Å². The molecular formula is C14H21ClN2O. The summed E-state index contributed by atoms with van der Waals surface area (Å²) in [5.74, 6) is 0.0607. The molecule has 0 saturated carbocycles. The Bertz CT molecular complexity index is 376. The first-order chi connectivity index (χ1) is 8.49. The van der Waals surface area contributed by atoms with Gasteiger partial charge in [-0.1, -0.05) is 37.6 Å². The molecule has 0 unspecified atom stereocenters. The molecule has 0 bridgehead atoms. The third-order valence-electron chi connectivity index (χ3n) is 2.65. The third kappa shape index (κ3) is 5.52. The van der Waals surface area contributed by atoms with Gasteiger partial charge in [-0.15, -0.1) is 0 Å². The van der Waals surface area contributed by atoms with E-state index in [2.05, 4.69) is 24.5 Å². The second kappa shape index (κ2) is 7.39. The first-order valence-corrected chi connectivity index (χ1v) is 6.65. The number of benzene rings is 1. The lowest BCUT2D eigenvalue weighted by atomic mass is 10.1. The van der Waals surface area contributed by atoms with Crippen LogP contribution in [0.25, 0.3) is 0 Å². The van der Waals surface area contributed by atoms with Gasteiger partial charge >= 0.3 is 0 Å². The Hall–Kier alpha value is -1.06. The van der Waals surface area contributed by atoms with Crippen LogP contribution in [-0.4, -0.2) is 18.5 Å². The van der Waals surface area contributed by atoms with Crippen molar-refractivity contribution < 1.29 is 4.79 Å². The lowest BCUT2D eigenvalue weighted by Crippen LogP contribution is -2.31. The van der Waals surface area contributed by atoms with Gasteiger partial charge in [0.2, 0.25) is 5.91 Å². The molecule has 0 heterocycles. The predicted molar refractivity (Wildman–Crippen MR) is 75.8 cm³/mol. The Morgan fingerprint density at radius 3 is 2.39 bits per heavy atom. The molecule has 2 N–H and O–H groups in total. The Morgan fingerprint density at radius 2 is 1.83 bits per heavy atom. The highest BCUT2D eigenvalue weighted by atomic mass is 35.5. The number of halogens is 1.